The Morgan fingerprint density at radius 1 is 0.974 bits per heavy atom. The maximum Gasteiger partial charge on any atom is 0.295 e. The molecule has 0 bridgehead atoms. The van der Waals surface area contributed by atoms with Gasteiger partial charge in [0.15, 0.2) is 11.5 Å². The molecule has 0 saturated carbocycles. The second kappa shape index (κ2) is 11.4. The Bertz CT molecular complexity index is 1330. The van der Waals surface area contributed by atoms with Gasteiger partial charge in [-0.3, -0.25) is 9.59 Å². The van der Waals surface area contributed by atoms with E-state index in [1.165, 1.54) is 0 Å². The van der Waals surface area contributed by atoms with E-state index in [2.05, 4.69) is 6.92 Å². The summed E-state index contributed by atoms with van der Waals surface area (Å²) in [5.41, 5.74) is 2.22. The molecule has 3 aromatic rings. The zero-order valence-corrected chi connectivity index (χ0v) is 21.4. The third-order valence-corrected chi connectivity index (χ3v) is 6.80. The standard InChI is InChI=1S/C31H31NO6/c1-2-3-17-36-24-12-9-22(10-13-24)28-27(29(33)23-11-14-25-26(20-23)38-19-18-37-25)30(34)31(35)32(28)16-15-21-7-5-4-6-8-21/h4-14,20,28,33H,2-3,15-19H2,1H3/t28-/m1/s1. The number of aliphatic hydroxyl groups is 1. The number of Topliss-reactive ketones (excluding diaryl/α,β-unsaturated/α-hetero) is 1. The molecule has 196 valence electrons. The zero-order valence-electron chi connectivity index (χ0n) is 21.4. The number of fused-ring (bicyclic) bond motifs is 1. The Morgan fingerprint density at radius 3 is 2.45 bits per heavy atom. The van der Waals surface area contributed by atoms with Crippen LogP contribution in [0.5, 0.6) is 17.2 Å². The Kier molecular flexibility index (Phi) is 7.63. The minimum atomic E-state index is -0.739. The normalized spacial score (nSPS) is 18.0. The Balaban J connectivity index is 1.52. The number of unbranched alkanes of at least 4 members (excludes halogenated alkanes) is 1. The number of rotatable bonds is 9. The van der Waals surface area contributed by atoms with Gasteiger partial charge in [0.05, 0.1) is 18.2 Å². The van der Waals surface area contributed by atoms with E-state index in [0.29, 0.717) is 49.8 Å². The van der Waals surface area contributed by atoms with Gasteiger partial charge in [-0.25, -0.2) is 0 Å². The summed E-state index contributed by atoms with van der Waals surface area (Å²) in [5.74, 6) is 0.202. The molecule has 1 saturated heterocycles. The summed E-state index contributed by atoms with van der Waals surface area (Å²) in [6.45, 7) is 3.89. The summed E-state index contributed by atoms with van der Waals surface area (Å²) in [7, 11) is 0. The number of hydrogen-bond donors (Lipinski definition) is 1. The molecule has 0 aliphatic carbocycles. The number of amides is 1. The van der Waals surface area contributed by atoms with Crippen LogP contribution < -0.4 is 14.2 Å². The topological polar surface area (TPSA) is 85.3 Å². The Morgan fingerprint density at radius 2 is 1.71 bits per heavy atom. The highest BCUT2D eigenvalue weighted by Crippen LogP contribution is 2.41. The number of likely N-dealkylation sites (tertiary alicyclic amines) is 1. The van der Waals surface area contributed by atoms with Crippen LogP contribution in [0.4, 0.5) is 0 Å². The smallest absolute Gasteiger partial charge is 0.295 e. The summed E-state index contributed by atoms with van der Waals surface area (Å²) in [5, 5.41) is 11.4. The van der Waals surface area contributed by atoms with Crippen molar-refractivity contribution in [1.29, 1.82) is 0 Å². The van der Waals surface area contributed by atoms with E-state index in [9.17, 15) is 14.7 Å². The summed E-state index contributed by atoms with van der Waals surface area (Å²) >= 11 is 0. The lowest BCUT2D eigenvalue weighted by molar-refractivity contribution is -0.139. The highest BCUT2D eigenvalue weighted by Gasteiger charge is 2.46. The number of nitrogens with zero attached hydrogens (tertiary/aromatic N) is 1. The molecular weight excluding hydrogens is 482 g/mol. The molecule has 2 aliphatic rings. The minimum Gasteiger partial charge on any atom is -0.507 e. The zero-order chi connectivity index (χ0) is 26.5. The number of hydrogen-bond acceptors (Lipinski definition) is 6. The van der Waals surface area contributed by atoms with Crippen molar-refractivity contribution in [3.8, 4) is 17.2 Å². The van der Waals surface area contributed by atoms with E-state index in [1.54, 1.807) is 23.1 Å². The van der Waals surface area contributed by atoms with E-state index >= 15 is 0 Å². The molecule has 5 rings (SSSR count). The van der Waals surface area contributed by atoms with E-state index in [1.807, 2.05) is 54.6 Å². The molecule has 0 unspecified atom stereocenters. The van der Waals surface area contributed by atoms with E-state index in [-0.39, 0.29) is 11.3 Å². The van der Waals surface area contributed by atoms with Gasteiger partial charge in [-0.15, -0.1) is 0 Å². The minimum absolute atomic E-state index is 0.0550. The van der Waals surface area contributed by atoms with Crippen LogP contribution in [-0.2, 0) is 16.0 Å². The molecule has 2 aliphatic heterocycles. The number of aliphatic hydroxyl groups excluding tert-OH is 1. The van der Waals surface area contributed by atoms with Crippen LogP contribution in [0, 0.1) is 0 Å². The number of carbonyl (C=O) groups excluding carboxylic acids is 2. The number of carbonyl (C=O) groups is 2. The van der Waals surface area contributed by atoms with Gasteiger partial charge < -0.3 is 24.2 Å². The Hall–Kier alpha value is -4.26. The van der Waals surface area contributed by atoms with Crippen LogP contribution in [-0.4, -0.2) is 48.1 Å². The average Bonchev–Trinajstić information content (AvgIpc) is 3.21. The first-order valence-corrected chi connectivity index (χ1v) is 13.0. The first kappa shape index (κ1) is 25.4. The van der Waals surface area contributed by atoms with Gasteiger partial charge in [-0.1, -0.05) is 55.8 Å². The van der Waals surface area contributed by atoms with Crippen LogP contribution in [0.1, 0.15) is 42.5 Å². The quantitative estimate of drug-likeness (QED) is 0.181. The first-order valence-electron chi connectivity index (χ1n) is 13.0. The molecule has 1 N–H and O–H groups in total. The van der Waals surface area contributed by atoms with Crippen molar-refractivity contribution in [1.82, 2.24) is 4.90 Å². The second-order valence-corrected chi connectivity index (χ2v) is 9.36. The molecule has 7 heteroatoms. The third kappa shape index (κ3) is 5.23. The first-order chi connectivity index (χ1) is 18.6. The molecule has 38 heavy (non-hydrogen) atoms. The van der Waals surface area contributed by atoms with Crippen molar-refractivity contribution >= 4 is 17.4 Å². The van der Waals surface area contributed by atoms with Crippen molar-refractivity contribution in [3.05, 3.63) is 95.1 Å². The van der Waals surface area contributed by atoms with Gasteiger partial charge in [0.1, 0.15) is 24.7 Å². The van der Waals surface area contributed by atoms with Gasteiger partial charge in [0.2, 0.25) is 0 Å². The van der Waals surface area contributed by atoms with Gasteiger partial charge in [0, 0.05) is 12.1 Å². The van der Waals surface area contributed by atoms with Crippen LogP contribution in [0.15, 0.2) is 78.4 Å². The van der Waals surface area contributed by atoms with E-state index in [0.717, 1.165) is 29.7 Å². The number of ketones is 1. The molecule has 0 radical (unpaired) electrons. The fourth-order valence-corrected chi connectivity index (χ4v) is 4.78. The lowest BCUT2D eigenvalue weighted by atomic mass is 9.95. The maximum absolute atomic E-state index is 13.4. The monoisotopic (exact) mass is 513 g/mol. The molecule has 1 fully saturated rings. The average molecular weight is 514 g/mol. The van der Waals surface area contributed by atoms with Crippen molar-refractivity contribution < 1.29 is 28.9 Å². The highest BCUT2D eigenvalue weighted by atomic mass is 16.6. The summed E-state index contributed by atoms with van der Waals surface area (Å²) in [6, 6.07) is 21.5. The summed E-state index contributed by atoms with van der Waals surface area (Å²) < 4.78 is 17.0. The molecule has 1 atom stereocenters. The molecular formula is C31H31NO6. The Labute approximate surface area is 222 Å². The lowest BCUT2D eigenvalue weighted by Crippen LogP contribution is -2.31. The summed E-state index contributed by atoms with van der Waals surface area (Å²) in [4.78, 5) is 28.2. The van der Waals surface area contributed by atoms with Crippen LogP contribution in [0.3, 0.4) is 0 Å². The van der Waals surface area contributed by atoms with Crippen molar-refractivity contribution in [2.75, 3.05) is 26.4 Å². The fraction of sp³-hybridized carbons (Fsp3) is 0.290. The van der Waals surface area contributed by atoms with Gasteiger partial charge >= 0.3 is 0 Å². The predicted molar refractivity (Wildman–Crippen MR) is 143 cm³/mol. The predicted octanol–water partition coefficient (Wildman–Crippen LogP) is 5.30. The number of ether oxygens (including phenoxy) is 3. The van der Waals surface area contributed by atoms with Gasteiger partial charge in [-0.2, -0.15) is 0 Å². The van der Waals surface area contributed by atoms with Crippen LogP contribution in [0.25, 0.3) is 5.76 Å². The van der Waals surface area contributed by atoms with Crippen LogP contribution in [0.2, 0.25) is 0 Å². The second-order valence-electron chi connectivity index (χ2n) is 9.36. The van der Waals surface area contributed by atoms with Gasteiger partial charge in [-0.05, 0) is 54.3 Å². The molecule has 0 aromatic heterocycles. The molecule has 7 nitrogen and oxygen atoms in total. The maximum atomic E-state index is 13.4. The number of benzene rings is 3. The van der Waals surface area contributed by atoms with Gasteiger partial charge in [0.25, 0.3) is 11.7 Å². The fourth-order valence-electron chi connectivity index (χ4n) is 4.78. The lowest BCUT2D eigenvalue weighted by Gasteiger charge is -2.26. The molecule has 0 spiro atoms. The van der Waals surface area contributed by atoms with E-state index < -0.39 is 17.7 Å². The van der Waals surface area contributed by atoms with Crippen molar-refractivity contribution in [2.45, 2.75) is 32.2 Å². The summed E-state index contributed by atoms with van der Waals surface area (Å²) in [6.07, 6.45) is 2.57. The van der Waals surface area contributed by atoms with Crippen molar-refractivity contribution in [2.24, 2.45) is 0 Å². The van der Waals surface area contributed by atoms with Crippen LogP contribution >= 0.6 is 0 Å². The van der Waals surface area contributed by atoms with Crippen molar-refractivity contribution in [3.63, 3.8) is 0 Å². The molecule has 1 amide bonds. The SMILES string of the molecule is CCCCOc1ccc([C@@H]2C(=C(O)c3ccc4c(c3)OCCO4)C(=O)C(=O)N2CCc2ccccc2)cc1. The molecule has 3 aromatic carbocycles. The largest absolute Gasteiger partial charge is 0.507 e. The third-order valence-electron chi connectivity index (χ3n) is 6.80. The van der Waals surface area contributed by atoms with E-state index in [4.69, 9.17) is 14.2 Å². The molecule has 2 heterocycles. The highest BCUT2D eigenvalue weighted by molar-refractivity contribution is 6.46.